The van der Waals surface area contributed by atoms with Crippen LogP contribution < -0.4 is 5.73 Å². The van der Waals surface area contributed by atoms with Crippen LogP contribution in [0, 0.1) is 29.6 Å². The van der Waals surface area contributed by atoms with Crippen molar-refractivity contribution in [3.63, 3.8) is 0 Å². The van der Waals surface area contributed by atoms with Crippen molar-refractivity contribution in [2.75, 3.05) is 18.8 Å². The number of nitrogens with zero attached hydrogens (tertiary/aromatic N) is 3. The smallest absolute Gasteiger partial charge is 0.272 e. The molecule has 2 saturated carbocycles. The highest BCUT2D eigenvalue weighted by Crippen LogP contribution is 2.55. The number of likely N-dealkylation sites (tertiary alicyclic amines) is 1. The Balaban J connectivity index is 1.52. The second kappa shape index (κ2) is 5.46. The number of amides is 1. The summed E-state index contributed by atoms with van der Waals surface area (Å²) in [4.78, 5) is 23.4. The van der Waals surface area contributed by atoms with E-state index < -0.39 is 0 Å². The normalized spacial score (nSPS) is 31.9. The van der Waals surface area contributed by atoms with E-state index in [9.17, 15) is 4.79 Å². The highest BCUT2D eigenvalue weighted by molar-refractivity contribution is 5.93. The van der Waals surface area contributed by atoms with Crippen molar-refractivity contribution in [3.8, 4) is 0 Å². The molecule has 1 saturated heterocycles. The van der Waals surface area contributed by atoms with Crippen LogP contribution in [-0.4, -0.2) is 33.9 Å². The van der Waals surface area contributed by atoms with E-state index in [-0.39, 0.29) is 11.9 Å². The SMILES string of the molecule is CC(C)Cc1cc(C(=O)N2C[C@@H]3[C@@H]4CC[C@@H](C4)[C@@H]3C2)nc(N)n1. The van der Waals surface area contributed by atoms with Gasteiger partial charge in [0.05, 0.1) is 0 Å². The van der Waals surface area contributed by atoms with Crippen LogP contribution in [0.15, 0.2) is 6.07 Å². The van der Waals surface area contributed by atoms with Gasteiger partial charge in [0.2, 0.25) is 5.95 Å². The average molecular weight is 314 g/mol. The number of carbonyl (C=O) groups excluding carboxylic acids is 1. The van der Waals surface area contributed by atoms with Crippen LogP contribution in [0.25, 0.3) is 0 Å². The summed E-state index contributed by atoms with van der Waals surface area (Å²) in [6.45, 7) is 6.09. The van der Waals surface area contributed by atoms with E-state index in [2.05, 4.69) is 23.8 Å². The van der Waals surface area contributed by atoms with Gasteiger partial charge in [-0.15, -0.1) is 0 Å². The number of carbonyl (C=O) groups is 1. The molecule has 2 bridgehead atoms. The van der Waals surface area contributed by atoms with Crippen LogP contribution in [0.4, 0.5) is 5.95 Å². The Labute approximate surface area is 137 Å². The Morgan fingerprint density at radius 3 is 2.52 bits per heavy atom. The number of aromatic nitrogens is 2. The predicted octanol–water partition coefficient (Wildman–Crippen LogP) is 2.38. The monoisotopic (exact) mass is 314 g/mol. The largest absolute Gasteiger partial charge is 0.368 e. The van der Waals surface area contributed by atoms with E-state index in [1.54, 1.807) is 0 Å². The van der Waals surface area contributed by atoms with Crippen LogP contribution in [0.3, 0.4) is 0 Å². The van der Waals surface area contributed by atoms with Crippen molar-refractivity contribution < 1.29 is 4.79 Å². The van der Waals surface area contributed by atoms with Gasteiger partial charge in [0.25, 0.3) is 5.91 Å². The Kier molecular flexibility index (Phi) is 3.54. The first-order valence-corrected chi connectivity index (χ1v) is 8.94. The Morgan fingerprint density at radius 1 is 1.26 bits per heavy atom. The summed E-state index contributed by atoms with van der Waals surface area (Å²) >= 11 is 0. The fourth-order valence-electron chi connectivity index (χ4n) is 5.16. The second-order valence-electron chi connectivity index (χ2n) is 8.07. The molecule has 0 radical (unpaired) electrons. The van der Waals surface area contributed by atoms with E-state index in [1.807, 2.05) is 11.0 Å². The quantitative estimate of drug-likeness (QED) is 0.929. The zero-order chi connectivity index (χ0) is 16.1. The van der Waals surface area contributed by atoms with E-state index in [1.165, 1.54) is 19.3 Å². The van der Waals surface area contributed by atoms with Crippen LogP contribution in [0.5, 0.6) is 0 Å². The minimum Gasteiger partial charge on any atom is -0.368 e. The Hall–Kier alpha value is -1.65. The van der Waals surface area contributed by atoms with Crippen LogP contribution in [-0.2, 0) is 6.42 Å². The molecule has 23 heavy (non-hydrogen) atoms. The number of hydrogen-bond acceptors (Lipinski definition) is 4. The molecule has 4 rings (SSSR count). The van der Waals surface area contributed by atoms with Gasteiger partial charge in [-0.2, -0.15) is 0 Å². The number of anilines is 1. The first kappa shape index (κ1) is 14.9. The molecule has 124 valence electrons. The fraction of sp³-hybridized carbons (Fsp3) is 0.722. The molecular formula is C18H26N4O. The van der Waals surface area contributed by atoms with Crippen LogP contribution in [0.1, 0.15) is 49.3 Å². The summed E-state index contributed by atoms with van der Waals surface area (Å²) in [5.74, 6) is 3.90. The number of nitrogen functional groups attached to an aromatic ring is 1. The molecule has 5 heteroatoms. The molecular weight excluding hydrogens is 288 g/mol. The zero-order valence-corrected chi connectivity index (χ0v) is 14.0. The van der Waals surface area contributed by atoms with E-state index in [4.69, 9.17) is 5.73 Å². The van der Waals surface area contributed by atoms with Gasteiger partial charge in [0.1, 0.15) is 5.69 Å². The fourth-order valence-corrected chi connectivity index (χ4v) is 5.16. The maximum Gasteiger partial charge on any atom is 0.272 e. The van der Waals surface area contributed by atoms with E-state index >= 15 is 0 Å². The van der Waals surface area contributed by atoms with Gasteiger partial charge >= 0.3 is 0 Å². The lowest BCUT2D eigenvalue weighted by Crippen LogP contribution is -2.31. The van der Waals surface area contributed by atoms with Gasteiger partial charge in [0, 0.05) is 18.8 Å². The summed E-state index contributed by atoms with van der Waals surface area (Å²) in [7, 11) is 0. The van der Waals surface area contributed by atoms with Gasteiger partial charge in [-0.1, -0.05) is 13.8 Å². The standard InChI is InChI=1S/C18H26N4O/c1-10(2)5-13-7-16(21-18(19)20-13)17(23)22-8-14-11-3-4-12(6-11)15(14)9-22/h7,10-12,14-15H,3-6,8-9H2,1-2H3,(H2,19,20,21)/t11-,12+,14-,15+. The summed E-state index contributed by atoms with van der Waals surface area (Å²) in [6, 6.07) is 1.83. The van der Waals surface area contributed by atoms with Crippen molar-refractivity contribution in [2.24, 2.45) is 29.6 Å². The third-order valence-corrected chi connectivity index (χ3v) is 6.06. The molecule has 2 heterocycles. The predicted molar refractivity (Wildman–Crippen MR) is 88.7 cm³/mol. The molecule has 1 aliphatic heterocycles. The second-order valence-corrected chi connectivity index (χ2v) is 8.07. The molecule has 3 fully saturated rings. The Bertz CT molecular complexity index is 611. The average Bonchev–Trinajstić information content (AvgIpc) is 3.17. The van der Waals surface area contributed by atoms with E-state index in [0.29, 0.717) is 11.6 Å². The molecule has 1 amide bonds. The van der Waals surface area contributed by atoms with Gasteiger partial charge < -0.3 is 10.6 Å². The summed E-state index contributed by atoms with van der Waals surface area (Å²) in [5, 5.41) is 0. The molecule has 0 aromatic carbocycles. The molecule has 0 unspecified atom stereocenters. The van der Waals surface area contributed by atoms with Crippen molar-refractivity contribution in [1.82, 2.24) is 14.9 Å². The van der Waals surface area contributed by atoms with Gasteiger partial charge in [-0.05, 0) is 61.3 Å². The highest BCUT2D eigenvalue weighted by atomic mass is 16.2. The molecule has 0 spiro atoms. The number of rotatable bonds is 3. The lowest BCUT2D eigenvalue weighted by atomic mass is 9.82. The van der Waals surface area contributed by atoms with Gasteiger partial charge in [-0.25, -0.2) is 9.97 Å². The first-order valence-electron chi connectivity index (χ1n) is 8.94. The first-order chi connectivity index (χ1) is 11.0. The summed E-state index contributed by atoms with van der Waals surface area (Å²) in [5.41, 5.74) is 7.17. The number of nitrogens with two attached hydrogens (primary N) is 1. The van der Waals surface area contributed by atoms with Crippen LogP contribution in [0.2, 0.25) is 0 Å². The minimum atomic E-state index is 0.0397. The molecule has 1 aromatic rings. The lowest BCUT2D eigenvalue weighted by molar-refractivity contribution is 0.0770. The van der Waals surface area contributed by atoms with Gasteiger partial charge in [0.15, 0.2) is 0 Å². The van der Waals surface area contributed by atoms with E-state index in [0.717, 1.165) is 48.9 Å². The lowest BCUT2D eigenvalue weighted by Gasteiger charge is -2.22. The molecule has 5 nitrogen and oxygen atoms in total. The van der Waals surface area contributed by atoms with Crippen molar-refractivity contribution >= 4 is 11.9 Å². The van der Waals surface area contributed by atoms with Gasteiger partial charge in [-0.3, -0.25) is 4.79 Å². The maximum absolute atomic E-state index is 12.9. The third-order valence-electron chi connectivity index (χ3n) is 6.06. The maximum atomic E-state index is 12.9. The molecule has 2 N–H and O–H groups in total. The molecule has 1 aromatic heterocycles. The molecule has 4 atom stereocenters. The topological polar surface area (TPSA) is 72.1 Å². The van der Waals surface area contributed by atoms with Crippen molar-refractivity contribution in [3.05, 3.63) is 17.5 Å². The van der Waals surface area contributed by atoms with Crippen LogP contribution >= 0.6 is 0 Å². The molecule has 3 aliphatic rings. The zero-order valence-electron chi connectivity index (χ0n) is 14.0. The molecule has 2 aliphatic carbocycles. The van der Waals surface area contributed by atoms with Crippen molar-refractivity contribution in [1.29, 1.82) is 0 Å². The van der Waals surface area contributed by atoms with Crippen molar-refractivity contribution in [2.45, 2.75) is 39.5 Å². The summed E-state index contributed by atoms with van der Waals surface area (Å²) in [6.07, 6.45) is 4.96. The number of fused-ring (bicyclic) bond motifs is 5. The highest BCUT2D eigenvalue weighted by Gasteiger charge is 2.52. The Morgan fingerprint density at radius 2 is 1.91 bits per heavy atom. The third kappa shape index (κ3) is 2.60. The minimum absolute atomic E-state index is 0.0397. The summed E-state index contributed by atoms with van der Waals surface area (Å²) < 4.78 is 0. The number of hydrogen-bond donors (Lipinski definition) is 1.